The van der Waals surface area contributed by atoms with Gasteiger partial charge >= 0.3 is 0 Å². The molecule has 0 saturated heterocycles. The van der Waals surface area contributed by atoms with Crippen molar-refractivity contribution in [2.45, 2.75) is 59.0 Å². The van der Waals surface area contributed by atoms with Crippen LogP contribution in [0.1, 0.15) is 43.0 Å². The minimum Gasteiger partial charge on any atom is -0.354 e. The first-order valence-electron chi connectivity index (χ1n) is 13.2. The van der Waals surface area contributed by atoms with Crippen molar-refractivity contribution in [1.82, 2.24) is 10.2 Å². The maximum atomic E-state index is 14.0. The van der Waals surface area contributed by atoms with Gasteiger partial charge in [0, 0.05) is 13.1 Å². The van der Waals surface area contributed by atoms with Gasteiger partial charge in [0.05, 0.1) is 10.6 Å². The molecule has 208 valence electrons. The van der Waals surface area contributed by atoms with Crippen LogP contribution in [0.5, 0.6) is 0 Å². The molecule has 7 nitrogen and oxygen atoms in total. The minimum absolute atomic E-state index is 0.0897. The molecule has 0 aromatic heterocycles. The fourth-order valence-electron chi connectivity index (χ4n) is 4.23. The zero-order chi connectivity index (χ0) is 28.7. The highest BCUT2D eigenvalue weighted by Gasteiger charge is 2.33. The summed E-state index contributed by atoms with van der Waals surface area (Å²) >= 11 is 0. The third-order valence-corrected chi connectivity index (χ3v) is 8.47. The number of benzene rings is 3. The first-order chi connectivity index (χ1) is 18.4. The number of nitrogens with zero attached hydrogens (tertiary/aromatic N) is 2. The lowest BCUT2D eigenvalue weighted by molar-refractivity contribution is -0.139. The molecule has 0 aliphatic rings. The molecular formula is C31H39N3O4S. The lowest BCUT2D eigenvalue weighted by Crippen LogP contribution is -2.51. The molecule has 3 aromatic carbocycles. The summed E-state index contributed by atoms with van der Waals surface area (Å²) in [6, 6.07) is 20.5. The van der Waals surface area contributed by atoms with E-state index in [-0.39, 0.29) is 23.3 Å². The Morgan fingerprint density at radius 3 is 2.13 bits per heavy atom. The van der Waals surface area contributed by atoms with E-state index in [2.05, 4.69) is 5.32 Å². The molecule has 39 heavy (non-hydrogen) atoms. The van der Waals surface area contributed by atoms with Crippen LogP contribution in [0.3, 0.4) is 0 Å². The van der Waals surface area contributed by atoms with Gasteiger partial charge in [-0.2, -0.15) is 0 Å². The fraction of sp³-hybridized carbons (Fsp3) is 0.355. The number of carbonyl (C=O) groups excluding carboxylic acids is 2. The van der Waals surface area contributed by atoms with Crippen LogP contribution in [-0.4, -0.2) is 44.3 Å². The first-order valence-corrected chi connectivity index (χ1v) is 14.6. The second-order valence-electron chi connectivity index (χ2n) is 10.4. The summed E-state index contributed by atoms with van der Waals surface area (Å²) in [7, 11) is -4.09. The van der Waals surface area contributed by atoms with E-state index in [9.17, 15) is 18.0 Å². The molecular weight excluding hydrogens is 510 g/mol. The molecule has 0 bridgehead atoms. The quantitative estimate of drug-likeness (QED) is 0.365. The molecule has 0 saturated carbocycles. The van der Waals surface area contributed by atoms with Gasteiger partial charge in [0.1, 0.15) is 12.6 Å². The van der Waals surface area contributed by atoms with Crippen molar-refractivity contribution in [3.8, 4) is 0 Å². The number of amides is 2. The summed E-state index contributed by atoms with van der Waals surface area (Å²) in [6.45, 7) is 11.5. The summed E-state index contributed by atoms with van der Waals surface area (Å²) in [4.78, 5) is 28.7. The minimum atomic E-state index is -4.09. The monoisotopic (exact) mass is 549 g/mol. The highest BCUT2D eigenvalue weighted by atomic mass is 32.2. The first kappa shape index (κ1) is 29.9. The van der Waals surface area contributed by atoms with Crippen molar-refractivity contribution < 1.29 is 18.0 Å². The molecule has 2 amide bonds. The SMILES string of the molecule is Cc1ccc(C)c(N(CC(=O)N(Cc2ccccc2C)[C@@H](C)C(=O)NCC(C)C)S(=O)(=O)c2ccccc2)c1. The van der Waals surface area contributed by atoms with Gasteiger partial charge in [0.15, 0.2) is 0 Å². The fourth-order valence-corrected chi connectivity index (χ4v) is 5.72. The standard InChI is InChI=1S/C31H39N3O4S/c1-22(2)19-32-31(36)26(6)33(20-27-13-11-10-12-24(27)4)30(35)21-34(29-18-23(3)16-17-25(29)5)39(37,38)28-14-8-7-9-15-28/h7-18,22,26H,19-21H2,1-6H3,(H,32,36)/t26-/m0/s1. The Kier molecular flexibility index (Phi) is 9.92. The van der Waals surface area contributed by atoms with E-state index in [1.807, 2.05) is 71.0 Å². The molecule has 0 spiro atoms. The predicted octanol–water partition coefficient (Wildman–Crippen LogP) is 5.00. The van der Waals surface area contributed by atoms with E-state index in [1.54, 1.807) is 31.2 Å². The van der Waals surface area contributed by atoms with E-state index in [0.29, 0.717) is 12.2 Å². The topological polar surface area (TPSA) is 86.8 Å². The molecule has 0 aliphatic heterocycles. The zero-order valence-corrected chi connectivity index (χ0v) is 24.5. The summed E-state index contributed by atoms with van der Waals surface area (Å²) in [5, 5.41) is 2.91. The molecule has 0 unspecified atom stereocenters. The van der Waals surface area contributed by atoms with Gasteiger partial charge in [-0.3, -0.25) is 13.9 Å². The van der Waals surface area contributed by atoms with Gasteiger partial charge in [-0.25, -0.2) is 8.42 Å². The number of sulfonamides is 1. The average molecular weight is 550 g/mol. The van der Waals surface area contributed by atoms with Crippen LogP contribution < -0.4 is 9.62 Å². The number of hydrogen-bond donors (Lipinski definition) is 1. The number of hydrogen-bond acceptors (Lipinski definition) is 4. The lowest BCUT2D eigenvalue weighted by Gasteiger charge is -2.33. The van der Waals surface area contributed by atoms with Crippen molar-refractivity contribution in [1.29, 1.82) is 0 Å². The molecule has 0 aliphatic carbocycles. The van der Waals surface area contributed by atoms with Crippen molar-refractivity contribution in [2.24, 2.45) is 5.92 Å². The van der Waals surface area contributed by atoms with Crippen molar-refractivity contribution in [3.05, 3.63) is 95.1 Å². The highest BCUT2D eigenvalue weighted by molar-refractivity contribution is 7.92. The molecule has 3 rings (SSSR count). The van der Waals surface area contributed by atoms with Crippen molar-refractivity contribution >= 4 is 27.5 Å². The molecule has 8 heteroatoms. The van der Waals surface area contributed by atoms with Crippen molar-refractivity contribution in [2.75, 3.05) is 17.4 Å². The van der Waals surface area contributed by atoms with Crippen LogP contribution in [0.4, 0.5) is 5.69 Å². The molecule has 0 radical (unpaired) electrons. The number of anilines is 1. The van der Waals surface area contributed by atoms with E-state index in [0.717, 1.165) is 26.6 Å². The van der Waals surface area contributed by atoms with Crippen molar-refractivity contribution in [3.63, 3.8) is 0 Å². The third kappa shape index (κ3) is 7.47. The molecule has 1 atom stereocenters. The number of rotatable bonds is 11. The Balaban J connectivity index is 2.05. The number of aryl methyl sites for hydroxylation is 3. The molecule has 0 fully saturated rings. The van der Waals surface area contributed by atoms with Gasteiger partial charge in [-0.15, -0.1) is 0 Å². The van der Waals surface area contributed by atoms with Crippen LogP contribution in [0.25, 0.3) is 0 Å². The largest absolute Gasteiger partial charge is 0.354 e. The Morgan fingerprint density at radius 2 is 1.49 bits per heavy atom. The Hall–Kier alpha value is -3.65. The van der Waals surface area contributed by atoms with Crippen LogP contribution >= 0.6 is 0 Å². The van der Waals surface area contributed by atoms with Gasteiger partial charge in [-0.1, -0.05) is 68.4 Å². The third-order valence-electron chi connectivity index (χ3n) is 6.70. The molecule has 0 heterocycles. The number of nitrogens with one attached hydrogen (secondary N) is 1. The van der Waals surface area contributed by atoms with Crippen LogP contribution in [-0.2, 0) is 26.2 Å². The normalized spacial score (nSPS) is 12.2. The zero-order valence-electron chi connectivity index (χ0n) is 23.6. The smallest absolute Gasteiger partial charge is 0.264 e. The summed E-state index contributed by atoms with van der Waals surface area (Å²) in [5.74, 6) is -0.502. The highest BCUT2D eigenvalue weighted by Crippen LogP contribution is 2.28. The Morgan fingerprint density at radius 1 is 0.846 bits per heavy atom. The van der Waals surface area contributed by atoms with Crippen LogP contribution in [0.15, 0.2) is 77.7 Å². The van der Waals surface area contributed by atoms with Gasteiger partial charge in [0.25, 0.3) is 10.0 Å². The predicted molar refractivity (Wildman–Crippen MR) is 156 cm³/mol. The average Bonchev–Trinajstić information content (AvgIpc) is 2.91. The van der Waals surface area contributed by atoms with E-state index >= 15 is 0 Å². The van der Waals surface area contributed by atoms with Crippen LogP contribution in [0, 0.1) is 26.7 Å². The Bertz CT molecular complexity index is 1400. The lowest BCUT2D eigenvalue weighted by atomic mass is 10.1. The van der Waals surface area contributed by atoms with Gasteiger partial charge in [0.2, 0.25) is 11.8 Å². The molecule has 1 N–H and O–H groups in total. The van der Waals surface area contributed by atoms with E-state index in [1.165, 1.54) is 17.0 Å². The summed E-state index contributed by atoms with van der Waals surface area (Å²) in [5.41, 5.74) is 3.89. The Labute approximate surface area is 232 Å². The molecule has 3 aromatic rings. The van der Waals surface area contributed by atoms with Gasteiger partial charge in [-0.05, 0) is 74.1 Å². The maximum absolute atomic E-state index is 14.0. The van der Waals surface area contributed by atoms with Gasteiger partial charge < -0.3 is 10.2 Å². The summed E-state index contributed by atoms with van der Waals surface area (Å²) in [6.07, 6.45) is 0. The maximum Gasteiger partial charge on any atom is 0.264 e. The second kappa shape index (κ2) is 12.9. The number of carbonyl (C=O) groups is 2. The van der Waals surface area contributed by atoms with E-state index < -0.39 is 28.5 Å². The van der Waals surface area contributed by atoms with Crippen LogP contribution in [0.2, 0.25) is 0 Å². The summed E-state index contributed by atoms with van der Waals surface area (Å²) < 4.78 is 29.0. The van der Waals surface area contributed by atoms with E-state index in [4.69, 9.17) is 0 Å². The second-order valence-corrected chi connectivity index (χ2v) is 12.2.